The number of amides is 2. The van der Waals surface area contributed by atoms with Crippen LogP contribution in [0.3, 0.4) is 0 Å². The molecule has 0 saturated heterocycles. The molecule has 2 N–H and O–H groups in total. The van der Waals surface area contributed by atoms with Crippen molar-refractivity contribution < 1.29 is 28.5 Å². The molecule has 1 heterocycles. The van der Waals surface area contributed by atoms with E-state index in [1.54, 1.807) is 19.1 Å². The van der Waals surface area contributed by atoms with Crippen LogP contribution in [0.1, 0.15) is 18.5 Å². The number of carbonyl (C=O) groups excluding carboxylic acids is 2. The standard InChI is InChI=1S/C16H20N2O6/c1-8-12(15(19)24-5)13(18-16(20)17-8)9-6-10(21-2)14(23-4)11(7-9)22-3/h6-7,13H,1-5H3,(H2,17,18,20). The maximum Gasteiger partial charge on any atom is 0.337 e. The zero-order valence-electron chi connectivity index (χ0n) is 14.2. The first-order valence-electron chi connectivity index (χ1n) is 7.13. The van der Waals surface area contributed by atoms with Gasteiger partial charge in [0, 0.05) is 5.70 Å². The summed E-state index contributed by atoms with van der Waals surface area (Å²) in [5, 5.41) is 5.27. The van der Waals surface area contributed by atoms with E-state index < -0.39 is 18.0 Å². The first kappa shape index (κ1) is 17.5. The van der Waals surface area contributed by atoms with Gasteiger partial charge in [-0.05, 0) is 24.6 Å². The molecule has 0 saturated carbocycles. The number of esters is 1. The number of rotatable bonds is 5. The fraction of sp³-hybridized carbons (Fsp3) is 0.375. The van der Waals surface area contributed by atoms with E-state index in [1.165, 1.54) is 28.4 Å². The Bertz CT molecular complexity index is 673. The summed E-state index contributed by atoms with van der Waals surface area (Å²) in [4.78, 5) is 24.0. The molecule has 0 bridgehead atoms. The Morgan fingerprint density at radius 2 is 1.62 bits per heavy atom. The van der Waals surface area contributed by atoms with Crippen molar-refractivity contribution in [2.45, 2.75) is 13.0 Å². The molecule has 0 fully saturated rings. The lowest BCUT2D eigenvalue weighted by Crippen LogP contribution is -2.45. The monoisotopic (exact) mass is 336 g/mol. The van der Waals surface area contributed by atoms with Gasteiger partial charge in [-0.25, -0.2) is 9.59 Å². The van der Waals surface area contributed by atoms with Crippen molar-refractivity contribution in [2.75, 3.05) is 28.4 Å². The van der Waals surface area contributed by atoms with Crippen LogP contribution in [-0.2, 0) is 9.53 Å². The highest BCUT2D eigenvalue weighted by Gasteiger charge is 2.33. The maximum atomic E-state index is 12.1. The average molecular weight is 336 g/mol. The predicted molar refractivity (Wildman–Crippen MR) is 85.2 cm³/mol. The molecular weight excluding hydrogens is 316 g/mol. The summed E-state index contributed by atoms with van der Waals surface area (Å²) in [6.45, 7) is 1.63. The van der Waals surface area contributed by atoms with Gasteiger partial charge in [0.05, 0.1) is 40.1 Å². The summed E-state index contributed by atoms with van der Waals surface area (Å²) in [5.41, 5.74) is 1.31. The number of nitrogens with one attached hydrogen (secondary N) is 2. The number of methoxy groups -OCH3 is 4. The summed E-state index contributed by atoms with van der Waals surface area (Å²) in [5.74, 6) is 0.714. The number of benzene rings is 1. The second-order valence-electron chi connectivity index (χ2n) is 5.02. The number of carbonyl (C=O) groups is 2. The quantitative estimate of drug-likeness (QED) is 0.792. The topological polar surface area (TPSA) is 95.1 Å². The summed E-state index contributed by atoms with van der Waals surface area (Å²) < 4.78 is 20.8. The largest absolute Gasteiger partial charge is 0.493 e. The van der Waals surface area contributed by atoms with Crippen molar-refractivity contribution in [3.8, 4) is 17.2 Å². The van der Waals surface area contributed by atoms with Gasteiger partial charge in [-0.1, -0.05) is 0 Å². The molecule has 0 spiro atoms. The SMILES string of the molecule is COC(=O)C1=C(C)NC(=O)NC1c1cc(OC)c(OC)c(OC)c1. The second kappa shape index (κ2) is 7.12. The second-order valence-corrected chi connectivity index (χ2v) is 5.02. The molecule has 1 aliphatic rings. The predicted octanol–water partition coefficient (Wildman–Crippen LogP) is 1.51. The molecule has 1 atom stereocenters. The molecule has 0 aromatic heterocycles. The fourth-order valence-electron chi connectivity index (χ4n) is 2.59. The lowest BCUT2D eigenvalue weighted by Gasteiger charge is -2.28. The van der Waals surface area contributed by atoms with Crippen LogP contribution in [0, 0.1) is 0 Å². The van der Waals surface area contributed by atoms with E-state index >= 15 is 0 Å². The van der Waals surface area contributed by atoms with Crippen molar-refractivity contribution >= 4 is 12.0 Å². The highest BCUT2D eigenvalue weighted by Crippen LogP contribution is 2.41. The van der Waals surface area contributed by atoms with E-state index in [-0.39, 0.29) is 0 Å². The first-order chi connectivity index (χ1) is 11.5. The minimum absolute atomic E-state index is 0.298. The third kappa shape index (κ3) is 3.08. The maximum absolute atomic E-state index is 12.1. The number of hydrogen-bond acceptors (Lipinski definition) is 6. The van der Waals surface area contributed by atoms with Gasteiger partial charge in [-0.15, -0.1) is 0 Å². The van der Waals surface area contributed by atoms with Gasteiger partial charge >= 0.3 is 12.0 Å². The van der Waals surface area contributed by atoms with Gasteiger partial charge in [-0.2, -0.15) is 0 Å². The molecule has 130 valence electrons. The van der Waals surface area contributed by atoms with E-state index in [0.717, 1.165) is 0 Å². The van der Waals surface area contributed by atoms with Gasteiger partial charge in [0.15, 0.2) is 11.5 Å². The molecular formula is C16H20N2O6. The number of ether oxygens (including phenoxy) is 4. The van der Waals surface area contributed by atoms with Gasteiger partial charge in [-0.3, -0.25) is 0 Å². The van der Waals surface area contributed by atoms with Crippen LogP contribution in [0.5, 0.6) is 17.2 Å². The van der Waals surface area contributed by atoms with Gasteiger partial charge in [0.2, 0.25) is 5.75 Å². The van der Waals surface area contributed by atoms with E-state index in [2.05, 4.69) is 10.6 Å². The van der Waals surface area contributed by atoms with Crippen LogP contribution in [0.4, 0.5) is 4.79 Å². The molecule has 2 rings (SSSR count). The first-order valence-corrected chi connectivity index (χ1v) is 7.13. The zero-order valence-corrected chi connectivity index (χ0v) is 14.2. The van der Waals surface area contributed by atoms with Crippen molar-refractivity contribution in [1.29, 1.82) is 0 Å². The Morgan fingerprint density at radius 1 is 1.04 bits per heavy atom. The van der Waals surface area contributed by atoms with Crippen LogP contribution in [-0.4, -0.2) is 40.4 Å². The highest BCUT2D eigenvalue weighted by atomic mass is 16.5. The molecule has 8 heteroatoms. The van der Waals surface area contributed by atoms with Gasteiger partial charge in [0.25, 0.3) is 0 Å². The fourth-order valence-corrected chi connectivity index (χ4v) is 2.59. The molecule has 1 unspecified atom stereocenters. The van der Waals surface area contributed by atoms with Crippen LogP contribution in [0.15, 0.2) is 23.4 Å². The van der Waals surface area contributed by atoms with E-state index in [4.69, 9.17) is 18.9 Å². The summed E-state index contributed by atoms with van der Waals surface area (Å²) in [7, 11) is 5.76. The minimum atomic E-state index is -0.708. The Hall–Kier alpha value is -2.90. The molecule has 0 radical (unpaired) electrons. The highest BCUT2D eigenvalue weighted by molar-refractivity contribution is 5.95. The Morgan fingerprint density at radius 3 is 2.08 bits per heavy atom. The Balaban J connectivity index is 2.61. The van der Waals surface area contributed by atoms with Gasteiger partial charge in [0.1, 0.15) is 0 Å². The molecule has 1 aliphatic heterocycles. The van der Waals surface area contributed by atoms with Crippen LogP contribution in [0.2, 0.25) is 0 Å². The van der Waals surface area contributed by atoms with Crippen molar-refractivity contribution in [3.05, 3.63) is 29.0 Å². The van der Waals surface area contributed by atoms with E-state index in [0.29, 0.717) is 34.1 Å². The number of allylic oxidation sites excluding steroid dienone is 1. The Labute approximate surface area is 139 Å². The van der Waals surface area contributed by atoms with E-state index in [9.17, 15) is 9.59 Å². The summed E-state index contributed by atoms with van der Waals surface area (Å²) in [6, 6.07) is 2.22. The summed E-state index contributed by atoms with van der Waals surface area (Å²) >= 11 is 0. The van der Waals surface area contributed by atoms with Gasteiger partial charge < -0.3 is 29.6 Å². The molecule has 2 amide bonds. The number of hydrogen-bond donors (Lipinski definition) is 2. The van der Waals surface area contributed by atoms with Crippen LogP contribution >= 0.6 is 0 Å². The molecule has 1 aromatic rings. The molecule has 0 aliphatic carbocycles. The summed E-state index contributed by atoms with van der Waals surface area (Å²) in [6.07, 6.45) is 0. The van der Waals surface area contributed by atoms with Crippen molar-refractivity contribution in [1.82, 2.24) is 10.6 Å². The van der Waals surface area contributed by atoms with Crippen molar-refractivity contribution in [2.24, 2.45) is 0 Å². The molecule has 24 heavy (non-hydrogen) atoms. The lowest BCUT2D eigenvalue weighted by molar-refractivity contribution is -0.136. The molecule has 1 aromatic carbocycles. The Kier molecular flexibility index (Phi) is 5.18. The van der Waals surface area contributed by atoms with E-state index in [1.807, 2.05) is 0 Å². The molecule has 8 nitrogen and oxygen atoms in total. The number of urea groups is 1. The van der Waals surface area contributed by atoms with Crippen LogP contribution in [0.25, 0.3) is 0 Å². The lowest BCUT2D eigenvalue weighted by atomic mass is 9.95. The van der Waals surface area contributed by atoms with Crippen molar-refractivity contribution in [3.63, 3.8) is 0 Å². The minimum Gasteiger partial charge on any atom is -0.493 e. The average Bonchev–Trinajstić information content (AvgIpc) is 2.58. The normalized spacial score (nSPS) is 16.9. The third-order valence-electron chi connectivity index (χ3n) is 3.69. The third-order valence-corrected chi connectivity index (χ3v) is 3.69. The smallest absolute Gasteiger partial charge is 0.337 e. The zero-order chi connectivity index (χ0) is 17.9. The van der Waals surface area contributed by atoms with Crippen LogP contribution < -0.4 is 24.8 Å².